The molecule has 2 heterocycles. The number of carbonyl (C=O) groups excluding carboxylic acids is 5. The van der Waals surface area contributed by atoms with Gasteiger partial charge in [-0.3, -0.25) is 19.2 Å². The number of hydrogen-bond acceptors (Lipinski definition) is 6. The molecule has 0 aromatic rings. The molecule has 30 heavy (non-hydrogen) atoms. The molecule has 2 fully saturated rings. The largest absolute Gasteiger partial charge is 0.444 e. The van der Waals surface area contributed by atoms with Crippen molar-refractivity contribution in [2.24, 2.45) is 11.5 Å². The topological polar surface area (TPSA) is 156 Å². The Hall–Kier alpha value is -2.50. The molecule has 0 saturated carbocycles. The maximum atomic E-state index is 13.1. The number of nitrogens with zero attached hydrogens (tertiary/aromatic N) is 3. The molecule has 1 spiro atoms. The van der Waals surface area contributed by atoms with Gasteiger partial charge in [0.2, 0.25) is 17.7 Å². The molecule has 0 bridgehead atoms. The van der Waals surface area contributed by atoms with E-state index in [1.54, 1.807) is 20.8 Å². The van der Waals surface area contributed by atoms with E-state index in [-0.39, 0.29) is 58.4 Å². The summed E-state index contributed by atoms with van der Waals surface area (Å²) >= 11 is 0. The Kier molecular flexibility index (Phi) is 7.75. The molecule has 5 amide bonds. The molecule has 2 rings (SSSR count). The minimum absolute atomic E-state index is 0. The summed E-state index contributed by atoms with van der Waals surface area (Å²) in [5.74, 6) is -2.18. The quantitative estimate of drug-likeness (QED) is 0.512. The van der Waals surface area contributed by atoms with Crippen molar-refractivity contribution in [1.29, 1.82) is 0 Å². The number of ether oxygens (including phenoxy) is 1. The van der Waals surface area contributed by atoms with Crippen LogP contribution in [0.3, 0.4) is 0 Å². The monoisotopic (exact) mass is 445 g/mol. The predicted octanol–water partition coefficient (Wildman–Crippen LogP) is -1.10. The fraction of sp³-hybridized carbons (Fsp3) is 0.722. The summed E-state index contributed by atoms with van der Waals surface area (Å²) in [7, 11) is 0. The van der Waals surface area contributed by atoms with Crippen molar-refractivity contribution in [2.75, 3.05) is 26.2 Å². The van der Waals surface area contributed by atoms with Gasteiger partial charge in [-0.15, -0.1) is 0 Å². The SMILES string of the molecule is CC(=O)N1CCN(C(=O)OC(C)(C)C)CC12CN([C@@H](CCC(N)=O)C(N)=O)C2=O.S. The van der Waals surface area contributed by atoms with Gasteiger partial charge in [-0.05, 0) is 27.2 Å². The van der Waals surface area contributed by atoms with E-state index in [1.165, 1.54) is 21.6 Å². The summed E-state index contributed by atoms with van der Waals surface area (Å²) in [4.78, 5) is 64.7. The second kappa shape index (κ2) is 9.11. The first-order valence-corrected chi connectivity index (χ1v) is 9.43. The van der Waals surface area contributed by atoms with Crippen LogP contribution in [0, 0.1) is 0 Å². The second-order valence-electron chi connectivity index (χ2n) is 8.46. The van der Waals surface area contributed by atoms with Crippen molar-refractivity contribution in [3.63, 3.8) is 0 Å². The van der Waals surface area contributed by atoms with E-state index in [9.17, 15) is 24.0 Å². The molecule has 2 atom stereocenters. The lowest BCUT2D eigenvalue weighted by molar-refractivity contribution is -0.182. The minimum Gasteiger partial charge on any atom is -0.444 e. The van der Waals surface area contributed by atoms with Crippen LogP contribution in [0.4, 0.5) is 4.79 Å². The highest BCUT2D eigenvalue weighted by Gasteiger charge is 2.62. The molecule has 0 aromatic heterocycles. The van der Waals surface area contributed by atoms with Crippen LogP contribution in [0.15, 0.2) is 0 Å². The lowest BCUT2D eigenvalue weighted by Crippen LogP contribution is -2.82. The minimum atomic E-state index is -1.28. The number of amides is 5. The summed E-state index contributed by atoms with van der Waals surface area (Å²) in [5.41, 5.74) is 8.55. The summed E-state index contributed by atoms with van der Waals surface area (Å²) in [6, 6.07) is -1.01. The zero-order valence-electron chi connectivity index (χ0n) is 17.8. The van der Waals surface area contributed by atoms with Gasteiger partial charge in [0, 0.05) is 26.4 Å². The second-order valence-corrected chi connectivity index (χ2v) is 8.46. The first-order chi connectivity index (χ1) is 13.3. The van der Waals surface area contributed by atoms with Gasteiger partial charge in [-0.1, -0.05) is 0 Å². The maximum absolute atomic E-state index is 13.1. The Bertz CT molecular complexity index is 739. The summed E-state index contributed by atoms with van der Waals surface area (Å²) in [6.45, 7) is 6.92. The third-order valence-corrected chi connectivity index (χ3v) is 5.05. The number of primary amides is 2. The van der Waals surface area contributed by atoms with Crippen molar-refractivity contribution in [2.45, 2.75) is 57.7 Å². The normalized spacial score (nSPS) is 22.1. The highest BCUT2D eigenvalue weighted by Crippen LogP contribution is 2.36. The molecule has 0 radical (unpaired) electrons. The number of likely N-dealkylation sites (tertiary alicyclic amines) is 1. The fourth-order valence-corrected chi connectivity index (χ4v) is 3.75. The van der Waals surface area contributed by atoms with Crippen molar-refractivity contribution < 1.29 is 28.7 Å². The van der Waals surface area contributed by atoms with E-state index in [1.807, 2.05) is 0 Å². The van der Waals surface area contributed by atoms with Crippen molar-refractivity contribution in [3.8, 4) is 0 Å². The van der Waals surface area contributed by atoms with Crippen LogP contribution in [0.2, 0.25) is 0 Å². The Morgan fingerprint density at radius 3 is 2.17 bits per heavy atom. The number of rotatable bonds is 5. The first-order valence-electron chi connectivity index (χ1n) is 9.43. The van der Waals surface area contributed by atoms with Crippen LogP contribution in [0.25, 0.3) is 0 Å². The van der Waals surface area contributed by atoms with Crippen LogP contribution < -0.4 is 11.5 Å². The average molecular weight is 446 g/mol. The third-order valence-electron chi connectivity index (χ3n) is 5.05. The molecule has 1 unspecified atom stereocenters. The van der Waals surface area contributed by atoms with E-state index < -0.39 is 41.0 Å². The molecule has 0 aromatic carbocycles. The molecule has 170 valence electrons. The average Bonchev–Trinajstić information content (AvgIpc) is 2.58. The van der Waals surface area contributed by atoms with E-state index >= 15 is 0 Å². The maximum Gasteiger partial charge on any atom is 0.410 e. The summed E-state index contributed by atoms with van der Waals surface area (Å²) < 4.78 is 5.38. The Morgan fingerprint density at radius 1 is 1.13 bits per heavy atom. The van der Waals surface area contributed by atoms with E-state index in [0.29, 0.717) is 0 Å². The first kappa shape index (κ1) is 25.5. The molecule has 2 aliphatic heterocycles. The molecule has 11 nitrogen and oxygen atoms in total. The number of carbonyl (C=O) groups is 5. The van der Waals surface area contributed by atoms with Crippen LogP contribution in [0.5, 0.6) is 0 Å². The lowest BCUT2D eigenvalue weighted by Gasteiger charge is -2.59. The number of hydrogen-bond donors (Lipinski definition) is 2. The number of nitrogens with two attached hydrogens (primary N) is 2. The standard InChI is InChI=1S/C18H29N5O6.H2S/c1-11(24)23-8-7-21(16(28)29-17(2,3)4)9-18(23)10-22(15(18)27)12(14(20)26)5-6-13(19)25;/h12H,5-10H2,1-4H3,(H2,19,25)(H2,20,26);1H2/t12-,18?;/m0./s1. The lowest BCUT2D eigenvalue weighted by atomic mass is 9.81. The Balaban J connectivity index is 0.00000450. The van der Waals surface area contributed by atoms with Crippen LogP contribution in [0.1, 0.15) is 40.5 Å². The van der Waals surface area contributed by atoms with Crippen LogP contribution >= 0.6 is 13.5 Å². The zero-order chi connectivity index (χ0) is 22.1. The van der Waals surface area contributed by atoms with Crippen molar-refractivity contribution in [1.82, 2.24) is 14.7 Å². The molecule has 2 saturated heterocycles. The molecule has 2 aliphatic rings. The van der Waals surface area contributed by atoms with Gasteiger partial charge < -0.3 is 30.9 Å². The van der Waals surface area contributed by atoms with E-state index in [0.717, 1.165) is 0 Å². The molecular formula is C18H31N5O6S. The van der Waals surface area contributed by atoms with E-state index in [2.05, 4.69) is 0 Å². The fourth-order valence-electron chi connectivity index (χ4n) is 3.75. The molecule has 4 N–H and O–H groups in total. The Labute approximate surface area is 182 Å². The highest BCUT2D eigenvalue weighted by atomic mass is 32.1. The van der Waals surface area contributed by atoms with E-state index in [4.69, 9.17) is 16.2 Å². The number of piperazine rings is 1. The van der Waals surface area contributed by atoms with Gasteiger partial charge in [-0.25, -0.2) is 4.79 Å². The number of β-lactam (4-membered cyclic amide) rings is 1. The van der Waals surface area contributed by atoms with Crippen LogP contribution in [-0.2, 0) is 23.9 Å². The van der Waals surface area contributed by atoms with Gasteiger partial charge in [0.15, 0.2) is 5.54 Å². The van der Waals surface area contributed by atoms with Gasteiger partial charge in [0.1, 0.15) is 11.6 Å². The van der Waals surface area contributed by atoms with Gasteiger partial charge in [-0.2, -0.15) is 13.5 Å². The van der Waals surface area contributed by atoms with Crippen LogP contribution in [-0.4, -0.2) is 87.8 Å². The molecular weight excluding hydrogens is 414 g/mol. The van der Waals surface area contributed by atoms with Gasteiger partial charge in [0.25, 0.3) is 5.91 Å². The predicted molar refractivity (Wildman–Crippen MR) is 111 cm³/mol. The van der Waals surface area contributed by atoms with Crippen molar-refractivity contribution >= 4 is 43.2 Å². The van der Waals surface area contributed by atoms with Gasteiger partial charge >= 0.3 is 6.09 Å². The zero-order valence-corrected chi connectivity index (χ0v) is 18.8. The van der Waals surface area contributed by atoms with Crippen molar-refractivity contribution in [3.05, 3.63) is 0 Å². The van der Waals surface area contributed by atoms with Gasteiger partial charge in [0.05, 0.1) is 13.1 Å². The smallest absolute Gasteiger partial charge is 0.410 e. The third kappa shape index (κ3) is 5.15. The summed E-state index contributed by atoms with van der Waals surface area (Å²) in [5, 5.41) is 0. The Morgan fingerprint density at radius 2 is 1.73 bits per heavy atom. The molecule has 12 heteroatoms. The molecule has 0 aliphatic carbocycles. The summed E-state index contributed by atoms with van der Waals surface area (Å²) in [6.07, 6.45) is -0.681. The highest BCUT2D eigenvalue weighted by molar-refractivity contribution is 7.59.